The van der Waals surface area contributed by atoms with Crippen LogP contribution in [-0.2, 0) is 14.6 Å². The minimum absolute atomic E-state index is 0.0312. The molecular formula is C14H15NO4S. The summed E-state index contributed by atoms with van der Waals surface area (Å²) in [6.45, 7) is 0.211. The highest BCUT2D eigenvalue weighted by Crippen LogP contribution is 2.25. The van der Waals surface area contributed by atoms with E-state index in [1.807, 2.05) is 24.3 Å². The zero-order chi connectivity index (χ0) is 14.2. The first kappa shape index (κ1) is 13.2. The summed E-state index contributed by atoms with van der Waals surface area (Å²) in [5.41, 5.74) is 1.39. The van der Waals surface area contributed by atoms with Crippen LogP contribution in [0, 0.1) is 0 Å². The van der Waals surface area contributed by atoms with Gasteiger partial charge in [-0.3, -0.25) is 4.79 Å². The first-order valence-corrected chi connectivity index (χ1v) is 8.29. The second-order valence-electron chi connectivity index (χ2n) is 5.07. The maximum Gasteiger partial charge on any atom is 0.250 e. The number of hydrogen-bond donors (Lipinski definition) is 1. The standard InChI is InChI=1S/C14H15NO4S/c16-14(15-12-5-6-20(17,18)9-12)11-7-10-3-1-2-4-13(10)19-8-11/h1-4,7,12H,5-6,8-9H2,(H,15,16). The van der Waals surface area contributed by atoms with Crippen molar-refractivity contribution >= 4 is 21.8 Å². The van der Waals surface area contributed by atoms with Crippen LogP contribution in [0.4, 0.5) is 0 Å². The molecule has 106 valence electrons. The molecule has 0 bridgehead atoms. The van der Waals surface area contributed by atoms with Crippen molar-refractivity contribution in [1.29, 1.82) is 0 Å². The highest BCUT2D eigenvalue weighted by atomic mass is 32.2. The molecule has 1 saturated heterocycles. The van der Waals surface area contributed by atoms with Crippen LogP contribution in [0.15, 0.2) is 29.8 Å². The van der Waals surface area contributed by atoms with Crippen molar-refractivity contribution in [2.45, 2.75) is 12.5 Å². The molecule has 0 aliphatic carbocycles. The molecule has 2 heterocycles. The van der Waals surface area contributed by atoms with Crippen LogP contribution in [0.5, 0.6) is 5.75 Å². The van der Waals surface area contributed by atoms with Gasteiger partial charge in [0, 0.05) is 11.6 Å². The van der Waals surface area contributed by atoms with Gasteiger partial charge in [-0.15, -0.1) is 0 Å². The zero-order valence-electron chi connectivity index (χ0n) is 10.8. The Balaban J connectivity index is 1.72. The summed E-state index contributed by atoms with van der Waals surface area (Å²) < 4.78 is 28.3. The summed E-state index contributed by atoms with van der Waals surface area (Å²) in [6.07, 6.45) is 2.27. The second kappa shape index (κ2) is 4.94. The first-order chi connectivity index (χ1) is 9.53. The Hall–Kier alpha value is -1.82. The SMILES string of the molecule is O=C(NC1CCS(=O)(=O)C1)C1=Cc2ccccc2OC1. The molecule has 1 atom stereocenters. The van der Waals surface area contributed by atoms with Gasteiger partial charge in [-0.05, 0) is 18.6 Å². The fourth-order valence-electron chi connectivity index (χ4n) is 2.43. The lowest BCUT2D eigenvalue weighted by molar-refractivity contribution is -0.118. The number of hydrogen-bond acceptors (Lipinski definition) is 4. The molecule has 2 aliphatic rings. The van der Waals surface area contributed by atoms with Crippen molar-refractivity contribution in [3.63, 3.8) is 0 Å². The van der Waals surface area contributed by atoms with Crippen LogP contribution in [0.25, 0.3) is 6.08 Å². The van der Waals surface area contributed by atoms with E-state index in [0.717, 1.165) is 11.3 Å². The number of para-hydroxylation sites is 1. The topological polar surface area (TPSA) is 72.5 Å². The molecule has 1 aromatic rings. The number of nitrogens with one attached hydrogen (secondary N) is 1. The number of carbonyl (C=O) groups excluding carboxylic acids is 1. The number of fused-ring (bicyclic) bond motifs is 1. The van der Waals surface area contributed by atoms with Crippen molar-refractivity contribution in [2.24, 2.45) is 0 Å². The molecular weight excluding hydrogens is 278 g/mol. The van der Waals surface area contributed by atoms with E-state index >= 15 is 0 Å². The van der Waals surface area contributed by atoms with Crippen molar-refractivity contribution in [2.75, 3.05) is 18.1 Å². The van der Waals surface area contributed by atoms with E-state index in [1.165, 1.54) is 0 Å². The van der Waals surface area contributed by atoms with Gasteiger partial charge in [0.25, 0.3) is 5.91 Å². The van der Waals surface area contributed by atoms with Crippen LogP contribution in [0.3, 0.4) is 0 Å². The van der Waals surface area contributed by atoms with Gasteiger partial charge in [0.15, 0.2) is 9.84 Å². The molecule has 1 N–H and O–H groups in total. The highest BCUT2D eigenvalue weighted by Gasteiger charge is 2.30. The third-order valence-electron chi connectivity index (χ3n) is 3.49. The fraction of sp³-hybridized carbons (Fsp3) is 0.357. The van der Waals surface area contributed by atoms with Crippen LogP contribution in [-0.4, -0.2) is 38.5 Å². The lowest BCUT2D eigenvalue weighted by atomic mass is 10.1. The Morgan fingerprint density at radius 1 is 1.30 bits per heavy atom. The Morgan fingerprint density at radius 3 is 2.85 bits per heavy atom. The summed E-state index contributed by atoms with van der Waals surface area (Å²) in [6, 6.07) is 7.20. The molecule has 1 aromatic carbocycles. The van der Waals surface area contributed by atoms with Gasteiger partial charge >= 0.3 is 0 Å². The van der Waals surface area contributed by atoms with Gasteiger partial charge in [0.05, 0.1) is 17.1 Å². The molecule has 0 aromatic heterocycles. The van der Waals surface area contributed by atoms with Crippen LogP contribution >= 0.6 is 0 Å². The van der Waals surface area contributed by atoms with E-state index in [-0.39, 0.29) is 30.1 Å². The molecule has 3 rings (SSSR count). The molecule has 1 amide bonds. The summed E-state index contributed by atoms with van der Waals surface area (Å²) in [5.74, 6) is 0.689. The average molecular weight is 293 g/mol. The predicted octanol–water partition coefficient (Wildman–Crippen LogP) is 0.766. The summed E-state index contributed by atoms with van der Waals surface area (Å²) in [5, 5.41) is 2.77. The number of amides is 1. The number of ether oxygens (including phenoxy) is 1. The maximum absolute atomic E-state index is 12.1. The fourth-order valence-corrected chi connectivity index (χ4v) is 4.11. The third-order valence-corrected chi connectivity index (χ3v) is 5.26. The quantitative estimate of drug-likeness (QED) is 0.874. The molecule has 5 nitrogen and oxygen atoms in total. The predicted molar refractivity (Wildman–Crippen MR) is 75.1 cm³/mol. The van der Waals surface area contributed by atoms with E-state index in [9.17, 15) is 13.2 Å². The van der Waals surface area contributed by atoms with Gasteiger partial charge in [-0.1, -0.05) is 18.2 Å². The van der Waals surface area contributed by atoms with Crippen LogP contribution in [0.1, 0.15) is 12.0 Å². The van der Waals surface area contributed by atoms with Gasteiger partial charge in [-0.25, -0.2) is 8.42 Å². The number of benzene rings is 1. The Bertz CT molecular complexity index is 678. The van der Waals surface area contributed by atoms with Gasteiger partial charge < -0.3 is 10.1 Å². The number of rotatable bonds is 2. The lowest BCUT2D eigenvalue weighted by Crippen LogP contribution is -2.38. The first-order valence-electron chi connectivity index (χ1n) is 6.47. The monoisotopic (exact) mass is 293 g/mol. The normalized spacial score (nSPS) is 23.4. The molecule has 0 saturated carbocycles. The van der Waals surface area contributed by atoms with Crippen LogP contribution in [0.2, 0.25) is 0 Å². The molecule has 2 aliphatic heterocycles. The van der Waals surface area contributed by atoms with Crippen molar-refractivity contribution in [3.05, 3.63) is 35.4 Å². The summed E-state index contributed by atoms with van der Waals surface area (Å²) in [7, 11) is -2.99. The van der Waals surface area contributed by atoms with E-state index in [1.54, 1.807) is 6.08 Å². The van der Waals surface area contributed by atoms with E-state index in [0.29, 0.717) is 12.0 Å². The van der Waals surface area contributed by atoms with Gasteiger partial charge in [0.1, 0.15) is 12.4 Å². The lowest BCUT2D eigenvalue weighted by Gasteiger charge is -2.19. The summed E-state index contributed by atoms with van der Waals surface area (Å²) in [4.78, 5) is 12.1. The third kappa shape index (κ3) is 2.70. The van der Waals surface area contributed by atoms with E-state index in [4.69, 9.17) is 4.74 Å². The summed E-state index contributed by atoms with van der Waals surface area (Å²) >= 11 is 0. The minimum atomic E-state index is -2.99. The van der Waals surface area contributed by atoms with E-state index in [2.05, 4.69) is 5.32 Å². The smallest absolute Gasteiger partial charge is 0.250 e. The molecule has 1 unspecified atom stereocenters. The molecule has 1 fully saturated rings. The Labute approximate surface area is 117 Å². The van der Waals surface area contributed by atoms with Crippen LogP contribution < -0.4 is 10.1 Å². The van der Waals surface area contributed by atoms with Crippen molar-refractivity contribution < 1.29 is 17.9 Å². The molecule has 6 heteroatoms. The minimum Gasteiger partial charge on any atom is -0.488 e. The molecule has 0 spiro atoms. The largest absolute Gasteiger partial charge is 0.488 e. The Kier molecular flexibility index (Phi) is 3.25. The molecule has 0 radical (unpaired) electrons. The van der Waals surface area contributed by atoms with Gasteiger partial charge in [-0.2, -0.15) is 0 Å². The number of carbonyl (C=O) groups is 1. The number of sulfone groups is 1. The zero-order valence-corrected chi connectivity index (χ0v) is 11.7. The molecule has 20 heavy (non-hydrogen) atoms. The van der Waals surface area contributed by atoms with Crippen molar-refractivity contribution in [1.82, 2.24) is 5.32 Å². The maximum atomic E-state index is 12.1. The van der Waals surface area contributed by atoms with Gasteiger partial charge in [0.2, 0.25) is 0 Å². The van der Waals surface area contributed by atoms with E-state index < -0.39 is 9.84 Å². The van der Waals surface area contributed by atoms with Crippen molar-refractivity contribution in [3.8, 4) is 5.75 Å². The second-order valence-corrected chi connectivity index (χ2v) is 7.30. The highest BCUT2D eigenvalue weighted by molar-refractivity contribution is 7.91. The Morgan fingerprint density at radius 2 is 2.10 bits per heavy atom. The average Bonchev–Trinajstić information content (AvgIpc) is 2.77.